The molecule has 8 nitrogen and oxygen atoms in total. The molecule has 11 heteroatoms. The molecule has 3 aliphatic rings. The zero-order valence-electron chi connectivity index (χ0n) is 26.4. The van der Waals surface area contributed by atoms with Gasteiger partial charge in [-0.3, -0.25) is 9.69 Å². The number of nitrogens with two attached hydrogens (primary N) is 1. The highest BCUT2D eigenvalue weighted by Crippen LogP contribution is 2.47. The van der Waals surface area contributed by atoms with Gasteiger partial charge in [-0.15, -0.1) is 0 Å². The van der Waals surface area contributed by atoms with Gasteiger partial charge in [0.05, 0.1) is 30.6 Å². The number of hydrogen-bond acceptors (Lipinski definition) is 6. The standard InChI is InChI=1S/C35H42F3N5O3/c1-33(42-21-34(22-42)14-17-46-18-15-34)12-10-25(11-13-33)41-28-6-3-7-30-27(28)20-26(43(30)23-35(36,37)38)5-4-16-40-29-9-8-24(32(39)44)19-31(29)45-2/h3,6-9,19-20,25,40-41H,10-18,21-23H2,1-2H3,(H2,39,44). The van der Waals surface area contributed by atoms with Gasteiger partial charge in [-0.05, 0) is 87.8 Å². The summed E-state index contributed by atoms with van der Waals surface area (Å²) in [5.41, 5.74) is 8.48. The van der Waals surface area contributed by atoms with E-state index in [1.54, 1.807) is 30.3 Å². The lowest BCUT2D eigenvalue weighted by molar-refractivity contribution is -0.140. The minimum Gasteiger partial charge on any atom is -0.495 e. The van der Waals surface area contributed by atoms with E-state index >= 15 is 0 Å². The fourth-order valence-corrected chi connectivity index (χ4v) is 7.31. The minimum atomic E-state index is -4.41. The maximum Gasteiger partial charge on any atom is 0.406 e. The van der Waals surface area contributed by atoms with Gasteiger partial charge < -0.3 is 30.4 Å². The number of amides is 1. The highest BCUT2D eigenvalue weighted by atomic mass is 19.4. The molecule has 1 amide bonds. The van der Waals surface area contributed by atoms with Crippen LogP contribution in [0.15, 0.2) is 42.5 Å². The van der Waals surface area contributed by atoms with Gasteiger partial charge in [0.25, 0.3) is 0 Å². The normalized spacial score (nSPS) is 22.9. The number of halogens is 3. The van der Waals surface area contributed by atoms with Crippen LogP contribution in [0.3, 0.4) is 0 Å². The van der Waals surface area contributed by atoms with E-state index in [2.05, 4.69) is 34.3 Å². The van der Waals surface area contributed by atoms with Crippen LogP contribution in [0.25, 0.3) is 10.9 Å². The van der Waals surface area contributed by atoms with Crippen LogP contribution in [0.4, 0.5) is 24.5 Å². The summed E-state index contributed by atoms with van der Waals surface area (Å²) in [5.74, 6) is 5.74. The van der Waals surface area contributed by atoms with Gasteiger partial charge in [0.1, 0.15) is 12.3 Å². The number of benzene rings is 2. The molecule has 0 bridgehead atoms. The zero-order valence-corrected chi connectivity index (χ0v) is 26.4. The Balaban J connectivity index is 1.15. The largest absolute Gasteiger partial charge is 0.495 e. The van der Waals surface area contributed by atoms with E-state index in [0.717, 1.165) is 75.9 Å². The second-order valence-corrected chi connectivity index (χ2v) is 13.3. The zero-order chi connectivity index (χ0) is 32.5. The molecular formula is C35H42F3N5O3. The van der Waals surface area contributed by atoms with Crippen LogP contribution < -0.4 is 21.1 Å². The maximum atomic E-state index is 13.7. The molecule has 6 rings (SSSR count). The first-order valence-corrected chi connectivity index (χ1v) is 16.0. The third-order valence-electron chi connectivity index (χ3n) is 10.1. The number of carbonyl (C=O) groups is 1. The maximum absolute atomic E-state index is 13.7. The number of carbonyl (C=O) groups excluding carboxylic acids is 1. The number of hydrogen-bond donors (Lipinski definition) is 3. The van der Waals surface area contributed by atoms with Crippen molar-refractivity contribution in [2.45, 2.75) is 69.8 Å². The summed E-state index contributed by atoms with van der Waals surface area (Å²) in [6.07, 6.45) is 2.09. The number of aromatic nitrogens is 1. The molecular weight excluding hydrogens is 595 g/mol. The average Bonchev–Trinajstić information content (AvgIpc) is 3.36. The number of anilines is 2. The molecule has 0 radical (unpaired) electrons. The van der Waals surface area contributed by atoms with Crippen molar-refractivity contribution in [1.82, 2.24) is 9.47 Å². The smallest absolute Gasteiger partial charge is 0.406 e. The summed E-state index contributed by atoms with van der Waals surface area (Å²) in [4.78, 5) is 14.1. The molecule has 0 atom stereocenters. The summed E-state index contributed by atoms with van der Waals surface area (Å²) >= 11 is 0. The van der Waals surface area contributed by atoms with Crippen LogP contribution in [0, 0.1) is 17.3 Å². The van der Waals surface area contributed by atoms with Crippen LogP contribution in [-0.4, -0.2) is 73.1 Å². The van der Waals surface area contributed by atoms with E-state index < -0.39 is 18.6 Å². The van der Waals surface area contributed by atoms with Crippen molar-refractivity contribution in [2.24, 2.45) is 11.1 Å². The molecule has 1 spiro atoms. The Morgan fingerprint density at radius 2 is 1.83 bits per heavy atom. The van der Waals surface area contributed by atoms with Crippen molar-refractivity contribution in [2.75, 3.05) is 50.6 Å². The van der Waals surface area contributed by atoms with Crippen molar-refractivity contribution < 1.29 is 27.4 Å². The van der Waals surface area contributed by atoms with Gasteiger partial charge in [0.15, 0.2) is 0 Å². The van der Waals surface area contributed by atoms with Crippen molar-refractivity contribution in [1.29, 1.82) is 0 Å². The van der Waals surface area contributed by atoms with E-state index in [1.165, 1.54) is 17.7 Å². The third kappa shape index (κ3) is 6.79. The van der Waals surface area contributed by atoms with Crippen molar-refractivity contribution >= 4 is 28.2 Å². The number of alkyl halides is 3. The van der Waals surface area contributed by atoms with Gasteiger partial charge >= 0.3 is 6.18 Å². The predicted molar refractivity (Wildman–Crippen MR) is 173 cm³/mol. The van der Waals surface area contributed by atoms with Gasteiger partial charge in [-0.2, -0.15) is 13.2 Å². The van der Waals surface area contributed by atoms with Crippen LogP contribution in [-0.2, 0) is 11.3 Å². The van der Waals surface area contributed by atoms with E-state index in [4.69, 9.17) is 15.2 Å². The van der Waals surface area contributed by atoms with E-state index in [1.807, 2.05) is 6.07 Å². The molecule has 2 aliphatic heterocycles. The fourth-order valence-electron chi connectivity index (χ4n) is 7.31. The highest BCUT2D eigenvalue weighted by molar-refractivity contribution is 5.94. The van der Waals surface area contributed by atoms with Gasteiger partial charge in [-0.25, -0.2) is 0 Å². The average molecular weight is 638 g/mol. The number of rotatable bonds is 8. The highest BCUT2D eigenvalue weighted by Gasteiger charge is 2.50. The van der Waals surface area contributed by atoms with E-state index in [-0.39, 0.29) is 23.8 Å². The summed E-state index contributed by atoms with van der Waals surface area (Å²) in [5, 5.41) is 7.50. The second kappa shape index (κ2) is 12.7. The van der Waals surface area contributed by atoms with Gasteiger partial charge in [0, 0.05) is 59.9 Å². The summed E-state index contributed by atoms with van der Waals surface area (Å²) in [6, 6.07) is 12.2. The molecule has 2 aromatic carbocycles. The van der Waals surface area contributed by atoms with Crippen molar-refractivity contribution in [3.05, 3.63) is 53.7 Å². The van der Waals surface area contributed by atoms with Crippen molar-refractivity contribution in [3.63, 3.8) is 0 Å². The van der Waals surface area contributed by atoms with Crippen LogP contribution >= 0.6 is 0 Å². The Morgan fingerprint density at radius 1 is 1.09 bits per heavy atom. The number of nitrogens with zero attached hydrogens (tertiary/aromatic N) is 2. The monoisotopic (exact) mass is 637 g/mol. The molecule has 3 fully saturated rings. The predicted octanol–water partition coefficient (Wildman–Crippen LogP) is 6.00. The van der Waals surface area contributed by atoms with Crippen molar-refractivity contribution in [3.8, 4) is 17.6 Å². The lowest BCUT2D eigenvalue weighted by Gasteiger charge is -2.60. The SMILES string of the molecule is COc1cc(C(N)=O)ccc1NCC#Cc1cc2c(NC3CCC(C)(N4CC5(CCOCC5)C4)CC3)cccc2n1CC(F)(F)F. The first-order valence-electron chi connectivity index (χ1n) is 16.0. The summed E-state index contributed by atoms with van der Waals surface area (Å²) < 4.78 is 53.3. The van der Waals surface area contributed by atoms with E-state index in [0.29, 0.717) is 27.9 Å². The van der Waals surface area contributed by atoms with Crippen LogP contribution in [0.5, 0.6) is 5.75 Å². The molecule has 3 heterocycles. The molecule has 2 saturated heterocycles. The Kier molecular flexibility index (Phi) is 8.87. The number of nitrogens with one attached hydrogen (secondary N) is 2. The summed E-state index contributed by atoms with van der Waals surface area (Å²) in [6.45, 7) is 5.47. The number of fused-ring (bicyclic) bond motifs is 1. The Bertz CT molecular complexity index is 1630. The molecule has 1 saturated carbocycles. The summed E-state index contributed by atoms with van der Waals surface area (Å²) in [7, 11) is 1.47. The fraction of sp³-hybridized carbons (Fsp3) is 0.514. The van der Waals surface area contributed by atoms with Gasteiger partial charge in [0.2, 0.25) is 5.91 Å². The molecule has 3 aromatic rings. The van der Waals surface area contributed by atoms with Crippen LogP contribution in [0.2, 0.25) is 0 Å². The topological polar surface area (TPSA) is 93.8 Å². The molecule has 1 aromatic heterocycles. The molecule has 4 N–H and O–H groups in total. The number of methoxy groups -OCH3 is 1. The number of likely N-dealkylation sites (tertiary alicyclic amines) is 1. The lowest BCUT2D eigenvalue weighted by atomic mass is 9.68. The number of primary amides is 1. The minimum absolute atomic E-state index is 0.150. The first kappa shape index (κ1) is 32.1. The number of ether oxygens (including phenoxy) is 2. The Morgan fingerprint density at radius 3 is 2.50 bits per heavy atom. The molecule has 246 valence electrons. The second-order valence-electron chi connectivity index (χ2n) is 13.3. The quantitative estimate of drug-likeness (QED) is 0.263. The lowest BCUT2D eigenvalue weighted by Crippen LogP contribution is -2.66. The molecule has 1 aliphatic carbocycles. The first-order chi connectivity index (χ1) is 22.0. The Labute approximate surface area is 267 Å². The van der Waals surface area contributed by atoms with Gasteiger partial charge in [-0.1, -0.05) is 12.0 Å². The Hall–Kier alpha value is -3.88. The third-order valence-corrected chi connectivity index (χ3v) is 10.1. The molecule has 0 unspecified atom stereocenters. The molecule has 46 heavy (non-hydrogen) atoms. The van der Waals surface area contributed by atoms with E-state index in [9.17, 15) is 18.0 Å². The van der Waals surface area contributed by atoms with Crippen LogP contribution in [0.1, 0.15) is 61.5 Å².